The number of aliphatic carboxylic acids is 1. The molecule has 3 atom stereocenters. The molecule has 7 nitrogen and oxygen atoms in total. The van der Waals surface area contributed by atoms with Crippen LogP contribution in [0.3, 0.4) is 0 Å². The van der Waals surface area contributed by atoms with Crippen LogP contribution >= 0.6 is 0 Å². The third kappa shape index (κ3) is 5.45. The molecular weight excluding hydrogens is 344 g/mol. The maximum Gasteiger partial charge on any atom is 0.306 e. The fourth-order valence-corrected chi connectivity index (χ4v) is 3.81. The summed E-state index contributed by atoms with van der Waals surface area (Å²) in [5.74, 6) is -1.84. The molecule has 1 aliphatic rings. The van der Waals surface area contributed by atoms with E-state index in [1.807, 2.05) is 0 Å². The normalized spacial score (nSPS) is 22.0. The van der Waals surface area contributed by atoms with Gasteiger partial charge >= 0.3 is 5.97 Å². The number of benzene rings is 1. The number of sulfonamides is 1. The number of carboxylic acids is 1. The Labute approximate surface area is 147 Å². The lowest BCUT2D eigenvalue weighted by Crippen LogP contribution is -2.37. The average Bonchev–Trinajstić information content (AvgIpc) is 2.53. The second-order valence-electron chi connectivity index (χ2n) is 6.59. The van der Waals surface area contributed by atoms with Gasteiger partial charge in [0.25, 0.3) is 0 Å². The number of anilines is 1. The van der Waals surface area contributed by atoms with Crippen LogP contribution in [0.5, 0.6) is 0 Å². The highest BCUT2D eigenvalue weighted by atomic mass is 32.2. The van der Waals surface area contributed by atoms with E-state index in [1.165, 1.54) is 0 Å². The van der Waals surface area contributed by atoms with Crippen LogP contribution in [0.4, 0.5) is 5.69 Å². The van der Waals surface area contributed by atoms with Crippen LogP contribution in [-0.2, 0) is 19.6 Å². The summed E-state index contributed by atoms with van der Waals surface area (Å²) in [5, 5.41) is 12.0. The Morgan fingerprint density at radius 1 is 1.20 bits per heavy atom. The van der Waals surface area contributed by atoms with Crippen molar-refractivity contribution in [3.05, 3.63) is 29.8 Å². The Morgan fingerprint density at radius 2 is 1.84 bits per heavy atom. The molecule has 3 N–H and O–H groups in total. The summed E-state index contributed by atoms with van der Waals surface area (Å²) < 4.78 is 25.4. The smallest absolute Gasteiger partial charge is 0.306 e. The molecule has 0 saturated heterocycles. The van der Waals surface area contributed by atoms with Gasteiger partial charge in [0.2, 0.25) is 15.9 Å². The van der Waals surface area contributed by atoms with Gasteiger partial charge < -0.3 is 10.4 Å². The fourth-order valence-electron chi connectivity index (χ4n) is 3.23. The lowest BCUT2D eigenvalue weighted by atomic mass is 9.81. The van der Waals surface area contributed by atoms with Crippen molar-refractivity contribution in [3.8, 4) is 0 Å². The molecule has 1 amide bonds. The lowest BCUT2D eigenvalue weighted by Gasteiger charge is -2.27. The highest BCUT2D eigenvalue weighted by molar-refractivity contribution is 7.92. The Kier molecular flexibility index (Phi) is 6.05. The minimum absolute atomic E-state index is 0.187. The summed E-state index contributed by atoms with van der Waals surface area (Å²) in [4.78, 5) is 23.7. The maximum atomic E-state index is 12.5. The highest BCUT2D eigenvalue weighted by Gasteiger charge is 2.31. The molecule has 2 rings (SSSR count). The van der Waals surface area contributed by atoms with Gasteiger partial charge in [-0.25, -0.2) is 8.42 Å². The summed E-state index contributed by atoms with van der Waals surface area (Å²) in [7, 11) is -3.43. The Bertz CT molecular complexity index is 747. The van der Waals surface area contributed by atoms with Crippen LogP contribution < -0.4 is 10.0 Å². The number of hydrogen-bond donors (Lipinski definition) is 3. The van der Waals surface area contributed by atoms with Crippen molar-refractivity contribution in [2.45, 2.75) is 38.6 Å². The van der Waals surface area contributed by atoms with E-state index in [-0.39, 0.29) is 11.8 Å². The van der Waals surface area contributed by atoms with E-state index in [9.17, 15) is 18.0 Å². The molecule has 0 bridgehead atoms. The van der Waals surface area contributed by atoms with Gasteiger partial charge in [-0.2, -0.15) is 0 Å². The highest BCUT2D eigenvalue weighted by Crippen LogP contribution is 2.30. The summed E-state index contributed by atoms with van der Waals surface area (Å²) >= 11 is 0. The number of amides is 1. The molecule has 0 radical (unpaired) electrons. The van der Waals surface area contributed by atoms with Crippen LogP contribution in [0, 0.1) is 11.8 Å². The first-order chi connectivity index (χ1) is 11.7. The van der Waals surface area contributed by atoms with E-state index in [0.717, 1.165) is 12.7 Å². The third-order valence-corrected chi connectivity index (χ3v) is 5.07. The Balaban J connectivity index is 2.08. The topological polar surface area (TPSA) is 113 Å². The quantitative estimate of drug-likeness (QED) is 0.712. The number of carbonyl (C=O) groups excluding carboxylic acids is 1. The number of carboxylic acid groups (broad SMARTS) is 1. The first-order valence-electron chi connectivity index (χ1n) is 8.27. The lowest BCUT2D eigenvalue weighted by molar-refractivity contribution is -0.144. The van der Waals surface area contributed by atoms with Crippen LogP contribution in [-0.4, -0.2) is 31.7 Å². The van der Waals surface area contributed by atoms with Gasteiger partial charge in [0.1, 0.15) is 0 Å². The molecule has 1 aromatic rings. The van der Waals surface area contributed by atoms with Crippen molar-refractivity contribution in [3.63, 3.8) is 0 Å². The van der Waals surface area contributed by atoms with Gasteiger partial charge in [0, 0.05) is 5.92 Å². The molecular formula is C17H24N2O5S. The average molecular weight is 368 g/mol. The van der Waals surface area contributed by atoms with E-state index in [0.29, 0.717) is 30.5 Å². The van der Waals surface area contributed by atoms with Crippen LogP contribution in [0.15, 0.2) is 24.3 Å². The van der Waals surface area contributed by atoms with Crippen molar-refractivity contribution in [2.24, 2.45) is 11.8 Å². The van der Waals surface area contributed by atoms with Crippen molar-refractivity contribution in [1.82, 2.24) is 5.32 Å². The van der Waals surface area contributed by atoms with Gasteiger partial charge in [-0.1, -0.05) is 24.6 Å². The molecule has 1 aliphatic carbocycles. The molecule has 1 saturated carbocycles. The molecule has 0 spiro atoms. The molecule has 25 heavy (non-hydrogen) atoms. The summed E-state index contributed by atoms with van der Waals surface area (Å²) in [6.45, 7) is 1.78. The van der Waals surface area contributed by atoms with E-state index in [2.05, 4.69) is 10.0 Å². The molecule has 0 heterocycles. The number of rotatable bonds is 6. The van der Waals surface area contributed by atoms with Crippen LogP contribution in [0.2, 0.25) is 0 Å². The van der Waals surface area contributed by atoms with Crippen molar-refractivity contribution in [1.29, 1.82) is 0 Å². The van der Waals surface area contributed by atoms with Gasteiger partial charge in [0.05, 0.1) is 23.9 Å². The predicted octanol–water partition coefficient (Wildman–Crippen LogP) is 2.13. The zero-order chi connectivity index (χ0) is 18.6. The largest absolute Gasteiger partial charge is 0.481 e. The minimum Gasteiger partial charge on any atom is -0.481 e. The molecule has 1 aromatic carbocycles. The third-order valence-electron chi connectivity index (χ3n) is 4.48. The summed E-state index contributed by atoms with van der Waals surface area (Å²) in [6, 6.07) is 6.47. The number of para-hydroxylation sites is 1. The monoisotopic (exact) mass is 368 g/mol. The van der Waals surface area contributed by atoms with Gasteiger partial charge in [-0.15, -0.1) is 0 Å². The molecule has 8 heteroatoms. The SMILES string of the molecule is CC(NC(=O)C1CCCC(C(=O)O)C1)c1ccccc1NS(C)(=O)=O. The van der Waals surface area contributed by atoms with Crippen molar-refractivity contribution >= 4 is 27.6 Å². The predicted molar refractivity (Wildman–Crippen MR) is 94.6 cm³/mol. The van der Waals surface area contributed by atoms with E-state index in [1.54, 1.807) is 31.2 Å². The van der Waals surface area contributed by atoms with E-state index in [4.69, 9.17) is 5.11 Å². The van der Waals surface area contributed by atoms with Crippen LogP contribution in [0.1, 0.15) is 44.2 Å². The molecule has 138 valence electrons. The van der Waals surface area contributed by atoms with Crippen molar-refractivity contribution < 1.29 is 23.1 Å². The van der Waals surface area contributed by atoms with Gasteiger partial charge in [-0.3, -0.25) is 14.3 Å². The second-order valence-corrected chi connectivity index (χ2v) is 8.34. The van der Waals surface area contributed by atoms with Crippen molar-refractivity contribution in [2.75, 3.05) is 11.0 Å². The first-order valence-corrected chi connectivity index (χ1v) is 10.2. The van der Waals surface area contributed by atoms with E-state index < -0.39 is 28.0 Å². The Morgan fingerprint density at radius 3 is 2.48 bits per heavy atom. The van der Waals surface area contributed by atoms with Gasteiger partial charge in [0.15, 0.2) is 0 Å². The van der Waals surface area contributed by atoms with E-state index >= 15 is 0 Å². The molecule has 0 aromatic heterocycles. The maximum absolute atomic E-state index is 12.5. The summed E-state index contributed by atoms with van der Waals surface area (Å²) in [6.07, 6.45) is 3.41. The first kappa shape index (κ1) is 19.2. The number of nitrogens with one attached hydrogen (secondary N) is 2. The zero-order valence-corrected chi connectivity index (χ0v) is 15.2. The van der Waals surface area contributed by atoms with Crippen LogP contribution in [0.25, 0.3) is 0 Å². The number of carbonyl (C=O) groups is 2. The fraction of sp³-hybridized carbons (Fsp3) is 0.529. The zero-order valence-electron chi connectivity index (χ0n) is 14.4. The molecule has 0 aliphatic heterocycles. The van der Waals surface area contributed by atoms with Gasteiger partial charge in [-0.05, 0) is 37.8 Å². The molecule has 3 unspecified atom stereocenters. The number of hydrogen-bond acceptors (Lipinski definition) is 4. The standard InChI is InChI=1S/C17H24N2O5S/c1-11(14-8-3-4-9-15(14)19-25(2,23)24)18-16(20)12-6-5-7-13(10-12)17(21)22/h3-4,8-9,11-13,19H,5-7,10H2,1-2H3,(H,18,20)(H,21,22). The second kappa shape index (κ2) is 7.86. The molecule has 1 fully saturated rings. The minimum atomic E-state index is -3.43. The summed E-state index contributed by atoms with van der Waals surface area (Å²) in [5.41, 5.74) is 1.08. The Hall–Kier alpha value is -2.09.